The molecule has 8 nitrogen and oxygen atoms in total. The van der Waals surface area contributed by atoms with Crippen molar-refractivity contribution in [2.75, 3.05) is 5.73 Å². The van der Waals surface area contributed by atoms with Crippen LogP contribution in [0.5, 0.6) is 0 Å². The number of aromatic nitrogens is 4. The van der Waals surface area contributed by atoms with Crippen LogP contribution in [0.4, 0.5) is 5.82 Å². The molecule has 0 aliphatic heterocycles. The Kier molecular flexibility index (Phi) is 4.98. The molecule has 1 saturated carbocycles. The summed E-state index contributed by atoms with van der Waals surface area (Å²) in [6.45, 7) is 0.388. The number of hydrogen-bond donors (Lipinski definition) is 2. The molecule has 6 rings (SSSR count). The van der Waals surface area contributed by atoms with Crippen LogP contribution in [0.25, 0.3) is 33.3 Å². The number of nitrogens with one attached hydrogen (secondary N) is 1. The molecule has 0 unspecified atom stereocenters. The second kappa shape index (κ2) is 8.30. The number of amides is 1. The minimum absolute atomic E-state index is 0.244. The second-order valence-corrected chi connectivity index (χ2v) is 8.72. The van der Waals surface area contributed by atoms with Crippen LogP contribution in [0.1, 0.15) is 47.8 Å². The molecule has 0 saturated heterocycles. The summed E-state index contributed by atoms with van der Waals surface area (Å²) < 4.78 is 7.67. The number of anilines is 1. The molecule has 1 amide bonds. The van der Waals surface area contributed by atoms with E-state index in [1.807, 2.05) is 53.2 Å². The van der Waals surface area contributed by atoms with Gasteiger partial charge in [-0.2, -0.15) is 5.10 Å². The van der Waals surface area contributed by atoms with E-state index in [0.717, 1.165) is 46.1 Å². The molecule has 1 aliphatic carbocycles. The van der Waals surface area contributed by atoms with Gasteiger partial charge in [0.2, 0.25) is 0 Å². The average molecular weight is 453 g/mol. The molecule has 0 bridgehead atoms. The van der Waals surface area contributed by atoms with Gasteiger partial charge in [0.1, 0.15) is 23.4 Å². The Balaban J connectivity index is 1.23. The minimum Gasteiger partial charge on any atom is -0.451 e. The number of nitrogens with zero attached hydrogens (tertiary/aromatic N) is 4. The van der Waals surface area contributed by atoms with Crippen LogP contribution < -0.4 is 11.1 Å². The number of carbonyl (C=O) groups is 1. The van der Waals surface area contributed by atoms with E-state index in [0.29, 0.717) is 29.7 Å². The molecule has 3 aromatic heterocycles. The SMILES string of the molecule is Nc1ncnc2c1c(-c1ccc(CNC(=O)c3cc4ccccc4o3)cc1)nn2C1CCCC1. The molecule has 170 valence electrons. The molecular weight excluding hydrogens is 428 g/mol. The van der Waals surface area contributed by atoms with E-state index in [2.05, 4.69) is 15.3 Å². The fraction of sp³-hybridized carbons (Fsp3) is 0.231. The fourth-order valence-corrected chi connectivity index (χ4v) is 4.74. The lowest BCUT2D eigenvalue weighted by Gasteiger charge is -2.10. The van der Waals surface area contributed by atoms with Gasteiger partial charge in [-0.15, -0.1) is 0 Å². The van der Waals surface area contributed by atoms with Gasteiger partial charge in [0.05, 0.1) is 11.4 Å². The standard InChI is InChI=1S/C26H24N6O2/c27-24-22-23(31-32(19-6-2-3-7-19)25(22)30-15-29-24)17-11-9-16(10-12-17)14-28-26(33)21-13-18-5-1-4-8-20(18)34-21/h1,4-5,8-13,15,19H,2-3,6-7,14H2,(H,28,33)(H2,27,29,30). The van der Waals surface area contributed by atoms with E-state index >= 15 is 0 Å². The monoisotopic (exact) mass is 452 g/mol. The summed E-state index contributed by atoms with van der Waals surface area (Å²) in [5.74, 6) is 0.495. The lowest BCUT2D eigenvalue weighted by atomic mass is 10.1. The van der Waals surface area contributed by atoms with E-state index in [1.54, 1.807) is 6.07 Å². The summed E-state index contributed by atoms with van der Waals surface area (Å²) >= 11 is 0. The topological polar surface area (TPSA) is 112 Å². The maximum absolute atomic E-state index is 12.5. The first-order valence-corrected chi connectivity index (χ1v) is 11.5. The summed E-state index contributed by atoms with van der Waals surface area (Å²) in [6, 6.07) is 17.6. The van der Waals surface area contributed by atoms with Crippen LogP contribution in [0.2, 0.25) is 0 Å². The minimum atomic E-state index is -0.244. The number of benzene rings is 2. The van der Waals surface area contributed by atoms with Crippen molar-refractivity contribution in [2.24, 2.45) is 0 Å². The number of carbonyl (C=O) groups excluding carboxylic acids is 1. The predicted molar refractivity (Wildman–Crippen MR) is 130 cm³/mol. The zero-order chi connectivity index (χ0) is 23.1. The van der Waals surface area contributed by atoms with Crippen molar-refractivity contribution in [3.8, 4) is 11.3 Å². The Morgan fingerprint density at radius 1 is 1.09 bits per heavy atom. The molecule has 3 heterocycles. The van der Waals surface area contributed by atoms with Crippen LogP contribution in [0.15, 0.2) is 65.3 Å². The predicted octanol–water partition coefficient (Wildman–Crippen LogP) is 4.87. The number of nitrogens with two attached hydrogens (primary N) is 1. The van der Waals surface area contributed by atoms with Crippen LogP contribution >= 0.6 is 0 Å². The molecule has 8 heteroatoms. The molecule has 2 aromatic carbocycles. The first-order valence-electron chi connectivity index (χ1n) is 11.5. The zero-order valence-corrected chi connectivity index (χ0v) is 18.6. The molecular formula is C26H24N6O2. The molecule has 34 heavy (non-hydrogen) atoms. The van der Waals surface area contributed by atoms with Crippen molar-refractivity contribution < 1.29 is 9.21 Å². The van der Waals surface area contributed by atoms with Crippen LogP contribution in [-0.4, -0.2) is 25.7 Å². The maximum atomic E-state index is 12.5. The number of furan rings is 1. The van der Waals surface area contributed by atoms with Gasteiger partial charge in [0.15, 0.2) is 11.4 Å². The van der Waals surface area contributed by atoms with Crippen LogP contribution in [0.3, 0.4) is 0 Å². The number of nitrogen functional groups attached to an aromatic ring is 1. The van der Waals surface area contributed by atoms with Gasteiger partial charge in [0.25, 0.3) is 5.91 Å². The van der Waals surface area contributed by atoms with Crippen LogP contribution in [-0.2, 0) is 6.54 Å². The number of hydrogen-bond acceptors (Lipinski definition) is 6. The average Bonchev–Trinajstić information content (AvgIpc) is 3.61. The molecule has 0 radical (unpaired) electrons. The highest BCUT2D eigenvalue weighted by Crippen LogP contribution is 2.36. The highest BCUT2D eigenvalue weighted by molar-refractivity contribution is 5.98. The second-order valence-electron chi connectivity index (χ2n) is 8.72. The first kappa shape index (κ1) is 20.4. The number of rotatable bonds is 5. The van der Waals surface area contributed by atoms with Gasteiger partial charge in [-0.3, -0.25) is 4.79 Å². The van der Waals surface area contributed by atoms with E-state index in [1.165, 1.54) is 19.2 Å². The molecule has 5 aromatic rings. The number of para-hydroxylation sites is 1. The third-order valence-corrected chi connectivity index (χ3v) is 6.52. The largest absolute Gasteiger partial charge is 0.451 e. The molecule has 1 aliphatic rings. The summed E-state index contributed by atoms with van der Waals surface area (Å²) in [4.78, 5) is 21.2. The van der Waals surface area contributed by atoms with E-state index in [9.17, 15) is 4.79 Å². The fourth-order valence-electron chi connectivity index (χ4n) is 4.74. The van der Waals surface area contributed by atoms with Crippen molar-refractivity contribution in [2.45, 2.75) is 38.3 Å². The highest BCUT2D eigenvalue weighted by Gasteiger charge is 2.24. The van der Waals surface area contributed by atoms with Gasteiger partial charge < -0.3 is 15.5 Å². The van der Waals surface area contributed by atoms with E-state index in [-0.39, 0.29) is 5.91 Å². The summed E-state index contributed by atoms with van der Waals surface area (Å²) in [7, 11) is 0. The van der Waals surface area contributed by atoms with Crippen LogP contribution in [0, 0.1) is 0 Å². The number of fused-ring (bicyclic) bond motifs is 2. The van der Waals surface area contributed by atoms with Crippen molar-refractivity contribution in [3.05, 3.63) is 72.2 Å². The Morgan fingerprint density at radius 3 is 2.68 bits per heavy atom. The molecule has 0 atom stereocenters. The lowest BCUT2D eigenvalue weighted by molar-refractivity contribution is 0.0925. The smallest absolute Gasteiger partial charge is 0.287 e. The Bertz CT molecular complexity index is 1460. The van der Waals surface area contributed by atoms with Gasteiger partial charge >= 0.3 is 0 Å². The van der Waals surface area contributed by atoms with Crippen molar-refractivity contribution in [1.29, 1.82) is 0 Å². The normalized spacial score (nSPS) is 14.2. The highest BCUT2D eigenvalue weighted by atomic mass is 16.3. The maximum Gasteiger partial charge on any atom is 0.287 e. The summed E-state index contributed by atoms with van der Waals surface area (Å²) in [6.07, 6.45) is 6.11. The van der Waals surface area contributed by atoms with Gasteiger partial charge in [-0.1, -0.05) is 55.3 Å². The van der Waals surface area contributed by atoms with Crippen molar-refractivity contribution >= 4 is 33.7 Å². The summed E-state index contributed by atoms with van der Waals surface area (Å²) in [5, 5.41) is 9.54. The zero-order valence-electron chi connectivity index (χ0n) is 18.6. The Hall–Kier alpha value is -4.20. The Labute approximate surface area is 195 Å². The Morgan fingerprint density at radius 2 is 1.88 bits per heavy atom. The van der Waals surface area contributed by atoms with E-state index < -0.39 is 0 Å². The summed E-state index contributed by atoms with van der Waals surface area (Å²) in [5.41, 5.74) is 10.4. The third-order valence-electron chi connectivity index (χ3n) is 6.52. The van der Waals surface area contributed by atoms with Gasteiger partial charge in [-0.25, -0.2) is 14.6 Å². The van der Waals surface area contributed by atoms with Crippen molar-refractivity contribution in [3.63, 3.8) is 0 Å². The van der Waals surface area contributed by atoms with Gasteiger partial charge in [-0.05, 0) is 30.5 Å². The van der Waals surface area contributed by atoms with Crippen molar-refractivity contribution in [1.82, 2.24) is 25.1 Å². The third kappa shape index (κ3) is 3.57. The molecule has 3 N–H and O–H groups in total. The first-order chi connectivity index (χ1) is 16.7. The molecule has 1 fully saturated rings. The van der Waals surface area contributed by atoms with Gasteiger partial charge in [0, 0.05) is 17.5 Å². The lowest BCUT2D eigenvalue weighted by Crippen LogP contribution is -2.22. The quantitative estimate of drug-likeness (QED) is 0.394. The van der Waals surface area contributed by atoms with E-state index in [4.69, 9.17) is 15.2 Å². The molecule has 0 spiro atoms.